The average molecular weight is 419 g/mol. The van der Waals surface area contributed by atoms with Gasteiger partial charge in [-0.25, -0.2) is 0 Å². The molecule has 1 N–H and O–H groups in total. The van der Waals surface area contributed by atoms with E-state index < -0.39 is 6.10 Å². The fourth-order valence-corrected chi connectivity index (χ4v) is 3.79. The molecular formula is C23H22N4O2S. The average Bonchev–Trinajstić information content (AvgIpc) is 3.20. The Morgan fingerprint density at radius 3 is 2.33 bits per heavy atom. The third-order valence-corrected chi connectivity index (χ3v) is 5.54. The van der Waals surface area contributed by atoms with Crippen LogP contribution in [-0.4, -0.2) is 43.3 Å². The van der Waals surface area contributed by atoms with Gasteiger partial charge in [-0.05, 0) is 29.8 Å². The summed E-state index contributed by atoms with van der Waals surface area (Å²) in [4.78, 5) is 4.09. The van der Waals surface area contributed by atoms with Gasteiger partial charge in [-0.2, -0.15) is 0 Å². The molecule has 0 spiro atoms. The Balaban J connectivity index is 1.47. The molecule has 0 unspecified atom stereocenters. The van der Waals surface area contributed by atoms with Crippen molar-refractivity contribution in [1.29, 1.82) is 0 Å². The number of aromatic nitrogens is 4. The molecule has 4 aromatic rings. The Morgan fingerprint density at radius 1 is 0.900 bits per heavy atom. The van der Waals surface area contributed by atoms with Gasteiger partial charge in [0.25, 0.3) is 0 Å². The largest absolute Gasteiger partial charge is 0.491 e. The number of nitrogens with zero attached hydrogens (tertiary/aromatic N) is 4. The molecule has 6 nitrogen and oxygen atoms in total. The Morgan fingerprint density at radius 2 is 1.60 bits per heavy atom. The maximum absolute atomic E-state index is 10.4. The number of rotatable bonds is 9. The Hall–Kier alpha value is -3.16. The van der Waals surface area contributed by atoms with Crippen molar-refractivity contribution in [3.63, 3.8) is 0 Å². The van der Waals surface area contributed by atoms with Gasteiger partial charge in [-0.3, -0.25) is 9.55 Å². The van der Waals surface area contributed by atoms with Crippen LogP contribution in [-0.2, 0) is 6.54 Å². The number of para-hydroxylation sites is 1. The lowest BCUT2D eigenvalue weighted by atomic mass is 10.2. The Bertz CT molecular complexity index is 1040. The van der Waals surface area contributed by atoms with Crippen LogP contribution in [0.3, 0.4) is 0 Å². The van der Waals surface area contributed by atoms with Crippen molar-refractivity contribution in [3.8, 4) is 17.1 Å². The van der Waals surface area contributed by atoms with Crippen LogP contribution in [0.1, 0.15) is 5.56 Å². The highest BCUT2D eigenvalue weighted by molar-refractivity contribution is 7.99. The number of aliphatic hydroxyl groups excluding tert-OH is 1. The summed E-state index contributed by atoms with van der Waals surface area (Å²) in [6.07, 6.45) is 2.87. The predicted octanol–water partition coefficient (Wildman–Crippen LogP) is 3.92. The summed E-state index contributed by atoms with van der Waals surface area (Å²) >= 11 is 1.47. The molecular weight excluding hydrogens is 396 g/mol. The van der Waals surface area contributed by atoms with Crippen LogP contribution in [0, 0.1) is 0 Å². The summed E-state index contributed by atoms with van der Waals surface area (Å²) in [5, 5.41) is 19.9. The smallest absolute Gasteiger partial charge is 0.191 e. The molecule has 152 valence electrons. The summed E-state index contributed by atoms with van der Waals surface area (Å²) in [6.45, 7) is 0.867. The first kappa shape index (κ1) is 20.1. The van der Waals surface area contributed by atoms with Crippen molar-refractivity contribution >= 4 is 11.8 Å². The third kappa shape index (κ3) is 5.25. The minimum Gasteiger partial charge on any atom is -0.491 e. The van der Waals surface area contributed by atoms with E-state index in [1.165, 1.54) is 11.8 Å². The highest BCUT2D eigenvalue weighted by atomic mass is 32.2. The molecule has 0 fully saturated rings. The minimum absolute atomic E-state index is 0.223. The monoisotopic (exact) mass is 418 g/mol. The summed E-state index contributed by atoms with van der Waals surface area (Å²) in [6, 6.07) is 23.5. The van der Waals surface area contributed by atoms with Crippen LogP contribution < -0.4 is 4.74 Å². The van der Waals surface area contributed by atoms with E-state index in [0.717, 1.165) is 27.9 Å². The van der Waals surface area contributed by atoms with Gasteiger partial charge in [0.1, 0.15) is 12.4 Å². The zero-order valence-corrected chi connectivity index (χ0v) is 17.2. The van der Waals surface area contributed by atoms with Crippen LogP contribution >= 0.6 is 11.8 Å². The molecule has 0 amide bonds. The van der Waals surface area contributed by atoms with E-state index in [1.807, 2.05) is 60.7 Å². The summed E-state index contributed by atoms with van der Waals surface area (Å²) in [7, 11) is 0. The maximum Gasteiger partial charge on any atom is 0.191 e. The van der Waals surface area contributed by atoms with E-state index in [-0.39, 0.29) is 6.61 Å². The second kappa shape index (κ2) is 10.0. The lowest BCUT2D eigenvalue weighted by Gasteiger charge is -2.13. The van der Waals surface area contributed by atoms with E-state index in [4.69, 9.17) is 4.74 Å². The molecule has 0 aliphatic rings. The van der Waals surface area contributed by atoms with Gasteiger partial charge in [0, 0.05) is 23.7 Å². The van der Waals surface area contributed by atoms with Crippen molar-refractivity contribution in [3.05, 3.63) is 90.8 Å². The van der Waals surface area contributed by atoms with Crippen LogP contribution in [0.2, 0.25) is 0 Å². The summed E-state index contributed by atoms with van der Waals surface area (Å²) in [5.74, 6) is 1.98. The molecule has 0 aliphatic carbocycles. The van der Waals surface area contributed by atoms with E-state index >= 15 is 0 Å². The lowest BCUT2D eigenvalue weighted by Crippen LogP contribution is -2.20. The van der Waals surface area contributed by atoms with Crippen molar-refractivity contribution in [1.82, 2.24) is 19.7 Å². The van der Waals surface area contributed by atoms with E-state index in [2.05, 4.69) is 31.9 Å². The number of aliphatic hydroxyl groups is 1. The first-order valence-corrected chi connectivity index (χ1v) is 10.6. The standard InChI is InChI=1S/C23H22N4O2S/c28-20(16-29-21-9-5-2-6-10-21)17-30-23-26-25-22(19-11-13-24-14-12-19)27(23)15-18-7-3-1-4-8-18/h1-14,20,28H,15-17H2/t20-/m0/s1. The SMILES string of the molecule is O[C@@H](COc1ccccc1)CSc1nnc(-c2ccncc2)n1Cc1ccccc1. The molecule has 30 heavy (non-hydrogen) atoms. The zero-order chi connectivity index (χ0) is 20.6. The number of benzene rings is 2. The topological polar surface area (TPSA) is 73.1 Å². The first-order valence-electron chi connectivity index (χ1n) is 9.66. The molecule has 7 heteroatoms. The van der Waals surface area contributed by atoms with Gasteiger partial charge >= 0.3 is 0 Å². The fraction of sp³-hybridized carbons (Fsp3) is 0.174. The molecule has 2 aromatic heterocycles. The van der Waals surface area contributed by atoms with Gasteiger partial charge in [-0.15, -0.1) is 10.2 Å². The number of hydrogen-bond donors (Lipinski definition) is 1. The van der Waals surface area contributed by atoms with Crippen molar-refractivity contribution in [2.75, 3.05) is 12.4 Å². The molecule has 1 atom stereocenters. The normalized spacial score (nSPS) is 11.9. The second-order valence-corrected chi connectivity index (χ2v) is 7.69. The zero-order valence-electron chi connectivity index (χ0n) is 16.3. The molecule has 0 aliphatic heterocycles. The third-order valence-electron chi connectivity index (χ3n) is 4.43. The summed E-state index contributed by atoms with van der Waals surface area (Å²) in [5.41, 5.74) is 2.11. The summed E-state index contributed by atoms with van der Waals surface area (Å²) < 4.78 is 7.71. The van der Waals surface area contributed by atoms with Gasteiger partial charge in [0.05, 0.1) is 12.6 Å². The first-order chi connectivity index (χ1) is 14.8. The molecule has 0 saturated heterocycles. The van der Waals surface area contributed by atoms with Crippen LogP contribution in [0.5, 0.6) is 5.75 Å². The van der Waals surface area contributed by atoms with Gasteiger partial charge in [-0.1, -0.05) is 60.3 Å². The van der Waals surface area contributed by atoms with Crippen LogP contribution in [0.25, 0.3) is 11.4 Å². The molecule has 4 rings (SSSR count). The molecule has 0 saturated carbocycles. The van der Waals surface area contributed by atoms with Crippen molar-refractivity contribution < 1.29 is 9.84 Å². The minimum atomic E-state index is -0.624. The second-order valence-electron chi connectivity index (χ2n) is 6.70. The molecule has 0 radical (unpaired) electrons. The molecule has 2 heterocycles. The van der Waals surface area contributed by atoms with E-state index in [9.17, 15) is 5.11 Å². The molecule has 2 aromatic carbocycles. The molecule has 0 bridgehead atoms. The van der Waals surface area contributed by atoms with Crippen molar-refractivity contribution in [2.45, 2.75) is 17.8 Å². The van der Waals surface area contributed by atoms with E-state index in [0.29, 0.717) is 12.3 Å². The highest BCUT2D eigenvalue weighted by Gasteiger charge is 2.16. The van der Waals surface area contributed by atoms with Gasteiger partial charge < -0.3 is 9.84 Å². The number of ether oxygens (including phenoxy) is 1. The highest BCUT2D eigenvalue weighted by Crippen LogP contribution is 2.25. The Labute approximate surface area is 179 Å². The predicted molar refractivity (Wildman–Crippen MR) is 117 cm³/mol. The van der Waals surface area contributed by atoms with E-state index in [1.54, 1.807) is 12.4 Å². The quantitative estimate of drug-likeness (QED) is 0.415. The number of pyridine rings is 1. The number of thioether (sulfide) groups is 1. The van der Waals surface area contributed by atoms with Crippen LogP contribution in [0.4, 0.5) is 0 Å². The number of hydrogen-bond acceptors (Lipinski definition) is 6. The van der Waals surface area contributed by atoms with Crippen molar-refractivity contribution in [2.24, 2.45) is 0 Å². The fourth-order valence-electron chi connectivity index (χ4n) is 2.95. The maximum atomic E-state index is 10.4. The Kier molecular flexibility index (Phi) is 6.74. The van der Waals surface area contributed by atoms with Gasteiger partial charge in [0.2, 0.25) is 0 Å². The van der Waals surface area contributed by atoms with Gasteiger partial charge in [0.15, 0.2) is 11.0 Å². The van der Waals surface area contributed by atoms with Crippen LogP contribution in [0.15, 0.2) is 90.3 Å². The lowest BCUT2D eigenvalue weighted by molar-refractivity contribution is 0.126.